The van der Waals surface area contributed by atoms with Crippen LogP contribution in [-0.2, 0) is 65.4 Å². The smallest absolute Gasteiger partial charge is 0.462 e. The van der Waals surface area contributed by atoms with Crippen molar-refractivity contribution in [1.29, 1.82) is 0 Å². The Morgan fingerprint density at radius 3 is 0.642 bits per heavy atom. The van der Waals surface area contributed by atoms with Crippen LogP contribution < -0.4 is 0 Å². The maximum atomic E-state index is 13.2. The van der Waals surface area contributed by atoms with Crippen molar-refractivity contribution in [3.05, 3.63) is 0 Å². The molecular weight excluding hydrogens is 1380 g/mol. The molecule has 0 spiro atoms. The normalized spacial score (nSPS) is 13.7. The Balaban J connectivity index is 5.20. The van der Waals surface area contributed by atoms with Crippen molar-refractivity contribution in [1.82, 2.24) is 0 Å². The number of hydrogen-bond donors (Lipinski definition) is 3. The first-order chi connectivity index (χ1) is 51.5. The number of phosphoric ester groups is 2. The molecule has 0 aliphatic rings. The van der Waals surface area contributed by atoms with Gasteiger partial charge in [0.25, 0.3) is 0 Å². The van der Waals surface area contributed by atoms with Gasteiger partial charge in [-0.1, -0.05) is 420 Å². The molecule has 0 aromatic carbocycles. The van der Waals surface area contributed by atoms with Gasteiger partial charge >= 0.3 is 39.5 Å². The Bertz CT molecular complexity index is 2010. The second-order valence-electron chi connectivity index (χ2n) is 31.8. The number of carbonyl (C=O) groups is 4. The summed E-state index contributed by atoms with van der Waals surface area (Å²) in [5.41, 5.74) is 0. The molecule has 5 atom stereocenters. The number of aliphatic hydroxyl groups excluding tert-OH is 1. The molecule has 0 amide bonds. The van der Waals surface area contributed by atoms with E-state index >= 15 is 0 Å². The average molecular weight is 1550 g/mol. The van der Waals surface area contributed by atoms with Gasteiger partial charge in [-0.3, -0.25) is 37.3 Å². The first-order valence-electron chi connectivity index (χ1n) is 45.1. The van der Waals surface area contributed by atoms with Crippen LogP contribution in [0.25, 0.3) is 0 Å². The summed E-state index contributed by atoms with van der Waals surface area (Å²) in [6.07, 6.45) is 73.8. The standard InChI is InChI=1S/C87H170O17P2/c1-6-9-12-15-18-21-24-26-28-30-32-34-35-37-39-41-43-47-52-57-62-67-72-86(91)103-83(77-98-85(90)71-66-61-56-51-46-42-40-38-36-33-31-29-27-25-22-19-16-13-10-7-2)79-102-106(95,96)100-75-81(88)74-99-105(93,94)101-78-82(76-97-84(89)70-65-60-55-50-23-20-17-14-11-8-3)104-87(92)73-68-63-58-53-48-44-45-49-54-59-64-69-80(4)5/h80-83,88H,6-79H2,1-5H3,(H,93,94)(H,95,96)/t81-,82+,83+/m0/s1. The van der Waals surface area contributed by atoms with E-state index in [1.807, 2.05) is 0 Å². The van der Waals surface area contributed by atoms with E-state index in [2.05, 4.69) is 34.6 Å². The van der Waals surface area contributed by atoms with Crippen LogP contribution in [0.2, 0.25) is 0 Å². The zero-order chi connectivity index (χ0) is 77.6. The van der Waals surface area contributed by atoms with Crippen molar-refractivity contribution in [3.8, 4) is 0 Å². The first kappa shape index (κ1) is 104. The number of esters is 4. The van der Waals surface area contributed by atoms with E-state index in [0.29, 0.717) is 25.7 Å². The van der Waals surface area contributed by atoms with Gasteiger partial charge in [-0.25, -0.2) is 9.13 Å². The van der Waals surface area contributed by atoms with Crippen molar-refractivity contribution in [2.24, 2.45) is 5.92 Å². The lowest BCUT2D eigenvalue weighted by atomic mass is 10.0. The van der Waals surface area contributed by atoms with Gasteiger partial charge in [-0.15, -0.1) is 0 Å². The molecule has 0 aromatic rings. The Kier molecular flexibility index (Phi) is 78.2. The quantitative estimate of drug-likeness (QED) is 0.0222. The number of ether oxygens (including phenoxy) is 4. The number of hydrogen-bond acceptors (Lipinski definition) is 15. The van der Waals surface area contributed by atoms with E-state index in [0.717, 1.165) is 95.8 Å². The van der Waals surface area contributed by atoms with Crippen molar-refractivity contribution >= 4 is 39.5 Å². The molecule has 0 radical (unpaired) electrons. The fraction of sp³-hybridized carbons (Fsp3) is 0.954. The van der Waals surface area contributed by atoms with Gasteiger partial charge in [-0.2, -0.15) is 0 Å². The number of phosphoric acid groups is 2. The van der Waals surface area contributed by atoms with Gasteiger partial charge in [-0.05, 0) is 31.6 Å². The number of aliphatic hydroxyl groups is 1. The molecule has 19 heteroatoms. The summed E-state index contributed by atoms with van der Waals surface area (Å²) in [4.78, 5) is 73.2. The summed E-state index contributed by atoms with van der Waals surface area (Å²) < 4.78 is 68.9. The molecule has 106 heavy (non-hydrogen) atoms. The average Bonchev–Trinajstić information content (AvgIpc) is 0.901. The second kappa shape index (κ2) is 79.7. The van der Waals surface area contributed by atoms with Gasteiger partial charge in [0.05, 0.1) is 26.4 Å². The Hall–Kier alpha value is -1.94. The molecule has 0 fully saturated rings. The molecule has 0 saturated heterocycles. The minimum atomic E-state index is -4.97. The highest BCUT2D eigenvalue weighted by atomic mass is 31.2. The lowest BCUT2D eigenvalue weighted by molar-refractivity contribution is -0.161. The third kappa shape index (κ3) is 80.1. The van der Waals surface area contributed by atoms with Gasteiger partial charge in [0.1, 0.15) is 19.3 Å². The fourth-order valence-electron chi connectivity index (χ4n) is 13.6. The number of carbonyl (C=O) groups excluding carboxylic acids is 4. The molecule has 3 N–H and O–H groups in total. The molecule has 630 valence electrons. The topological polar surface area (TPSA) is 237 Å². The Morgan fingerprint density at radius 1 is 0.255 bits per heavy atom. The van der Waals surface area contributed by atoms with Crippen molar-refractivity contribution in [2.75, 3.05) is 39.6 Å². The van der Waals surface area contributed by atoms with Crippen LogP contribution in [-0.4, -0.2) is 96.7 Å². The molecular formula is C87H170O17P2. The van der Waals surface area contributed by atoms with Crippen LogP contribution in [0.4, 0.5) is 0 Å². The molecule has 0 aliphatic heterocycles. The van der Waals surface area contributed by atoms with E-state index in [1.54, 1.807) is 0 Å². The molecule has 0 saturated carbocycles. The third-order valence-corrected chi connectivity index (χ3v) is 22.4. The maximum absolute atomic E-state index is 13.2. The third-order valence-electron chi connectivity index (χ3n) is 20.5. The van der Waals surface area contributed by atoms with Gasteiger partial charge < -0.3 is 33.8 Å². The largest absolute Gasteiger partial charge is 0.472 e. The fourth-order valence-corrected chi connectivity index (χ4v) is 15.2. The highest BCUT2D eigenvalue weighted by Gasteiger charge is 2.30. The molecule has 0 rings (SSSR count). The van der Waals surface area contributed by atoms with Crippen LogP contribution in [0.3, 0.4) is 0 Å². The minimum Gasteiger partial charge on any atom is -0.462 e. The monoisotopic (exact) mass is 1550 g/mol. The summed E-state index contributed by atoms with van der Waals surface area (Å²) in [5, 5.41) is 10.7. The predicted octanol–water partition coefficient (Wildman–Crippen LogP) is 26.8. The molecule has 17 nitrogen and oxygen atoms in total. The summed E-state index contributed by atoms with van der Waals surface area (Å²) in [7, 11) is -9.93. The summed E-state index contributed by atoms with van der Waals surface area (Å²) >= 11 is 0. The van der Waals surface area contributed by atoms with E-state index < -0.39 is 97.5 Å². The van der Waals surface area contributed by atoms with Crippen LogP contribution in [0.5, 0.6) is 0 Å². The van der Waals surface area contributed by atoms with Crippen LogP contribution >= 0.6 is 15.6 Å². The SMILES string of the molecule is CCCCCCCCCCCCCCCCCCCCCCCCC(=O)O[C@H](COC(=O)CCCCCCCCCCCCCCCCCCCCCC)COP(=O)(O)OC[C@@H](O)COP(=O)(O)OC[C@@H](COC(=O)CCCCCCCCCCCC)OC(=O)CCCCCCCCCCCCCC(C)C. The zero-order valence-corrected chi connectivity index (χ0v) is 71.4. The van der Waals surface area contributed by atoms with Crippen LogP contribution in [0.15, 0.2) is 0 Å². The highest BCUT2D eigenvalue weighted by Crippen LogP contribution is 2.45. The molecule has 0 aliphatic carbocycles. The first-order valence-corrected chi connectivity index (χ1v) is 48.1. The maximum Gasteiger partial charge on any atom is 0.472 e. The van der Waals surface area contributed by atoms with E-state index in [-0.39, 0.29) is 25.7 Å². The van der Waals surface area contributed by atoms with Crippen molar-refractivity contribution < 1.29 is 80.2 Å². The summed E-state index contributed by atoms with van der Waals surface area (Å²) in [6, 6.07) is 0. The lowest BCUT2D eigenvalue weighted by Crippen LogP contribution is -2.30. The summed E-state index contributed by atoms with van der Waals surface area (Å²) in [6.45, 7) is 7.35. The van der Waals surface area contributed by atoms with Crippen LogP contribution in [0.1, 0.15) is 471 Å². The van der Waals surface area contributed by atoms with Crippen molar-refractivity contribution in [3.63, 3.8) is 0 Å². The van der Waals surface area contributed by atoms with Gasteiger partial charge in [0.2, 0.25) is 0 Å². The van der Waals surface area contributed by atoms with Crippen LogP contribution in [0, 0.1) is 5.92 Å². The number of rotatable bonds is 87. The van der Waals surface area contributed by atoms with E-state index in [1.165, 1.54) is 295 Å². The highest BCUT2D eigenvalue weighted by molar-refractivity contribution is 7.47. The number of unbranched alkanes of at least 4 members (excludes halogenated alkanes) is 59. The predicted molar refractivity (Wildman–Crippen MR) is 437 cm³/mol. The zero-order valence-electron chi connectivity index (χ0n) is 69.6. The van der Waals surface area contributed by atoms with E-state index in [4.69, 9.17) is 37.0 Å². The minimum absolute atomic E-state index is 0.107. The molecule has 0 aromatic heterocycles. The van der Waals surface area contributed by atoms with Gasteiger partial charge in [0, 0.05) is 25.7 Å². The Labute approximate surface area is 651 Å². The van der Waals surface area contributed by atoms with Gasteiger partial charge in [0.15, 0.2) is 12.2 Å². The molecule has 0 bridgehead atoms. The Morgan fingerprint density at radius 2 is 0.434 bits per heavy atom. The second-order valence-corrected chi connectivity index (χ2v) is 34.7. The molecule has 0 heterocycles. The van der Waals surface area contributed by atoms with Crippen molar-refractivity contribution in [2.45, 2.75) is 490 Å². The lowest BCUT2D eigenvalue weighted by Gasteiger charge is -2.21. The summed E-state index contributed by atoms with van der Waals surface area (Å²) in [5.74, 6) is -1.34. The van der Waals surface area contributed by atoms with E-state index in [9.17, 15) is 43.2 Å². The molecule has 2 unspecified atom stereocenters.